The van der Waals surface area contributed by atoms with Crippen LogP contribution in [-0.2, 0) is 11.3 Å². The third-order valence-electron chi connectivity index (χ3n) is 4.34. The van der Waals surface area contributed by atoms with Gasteiger partial charge in [-0.15, -0.1) is 0 Å². The molecule has 136 valence electrons. The lowest BCUT2D eigenvalue weighted by atomic mass is 10.2. The summed E-state index contributed by atoms with van der Waals surface area (Å²) in [6.07, 6.45) is 1.46. The van der Waals surface area contributed by atoms with Crippen molar-refractivity contribution < 1.29 is 14.7 Å². The number of carboxylic acids is 1. The monoisotopic (exact) mass is 382 g/mol. The lowest BCUT2D eigenvalue weighted by Crippen LogP contribution is -2.25. The maximum atomic E-state index is 13.4. The molecule has 2 heterocycles. The van der Waals surface area contributed by atoms with Gasteiger partial charge in [-0.25, -0.2) is 0 Å². The molecule has 7 nitrogen and oxygen atoms in total. The van der Waals surface area contributed by atoms with Gasteiger partial charge >= 0.3 is 5.97 Å². The molecule has 1 N–H and O–H groups in total. The van der Waals surface area contributed by atoms with Gasteiger partial charge in [0.1, 0.15) is 12.1 Å². The van der Waals surface area contributed by atoms with E-state index < -0.39 is 5.97 Å². The zero-order valence-corrected chi connectivity index (χ0v) is 15.1. The number of carboxylic acid groups (broad SMARTS) is 1. The Labute approximate surface area is 160 Å². The van der Waals surface area contributed by atoms with Gasteiger partial charge in [0.15, 0.2) is 5.82 Å². The van der Waals surface area contributed by atoms with Crippen molar-refractivity contribution in [1.82, 2.24) is 9.78 Å². The standard InChI is InChI=1S/C19H15ClN4O3/c1-22-15-8-7-12(20)9-16(15)24(13-5-3-2-4-6-13)19(27)14-10-23(11-17(25)26)21-18(14)22/h2-10H,11H2,1H3,(H,25,26). The topological polar surface area (TPSA) is 78.7 Å². The molecule has 27 heavy (non-hydrogen) atoms. The van der Waals surface area contributed by atoms with Crippen molar-refractivity contribution in [2.75, 3.05) is 16.8 Å². The summed E-state index contributed by atoms with van der Waals surface area (Å²) in [5.74, 6) is -0.946. The molecule has 4 rings (SSSR count). The highest BCUT2D eigenvalue weighted by molar-refractivity contribution is 6.31. The maximum absolute atomic E-state index is 13.4. The van der Waals surface area contributed by atoms with Crippen LogP contribution in [0.25, 0.3) is 0 Å². The van der Waals surface area contributed by atoms with E-state index in [-0.39, 0.29) is 12.5 Å². The van der Waals surface area contributed by atoms with Crippen molar-refractivity contribution in [1.29, 1.82) is 0 Å². The highest BCUT2D eigenvalue weighted by Crippen LogP contribution is 2.43. The first-order valence-electron chi connectivity index (χ1n) is 8.18. The fourth-order valence-corrected chi connectivity index (χ4v) is 3.33. The fraction of sp³-hybridized carbons (Fsp3) is 0.105. The number of carbonyl (C=O) groups excluding carboxylic acids is 1. The summed E-state index contributed by atoms with van der Waals surface area (Å²) < 4.78 is 1.26. The quantitative estimate of drug-likeness (QED) is 0.747. The number of para-hydroxylation sites is 1. The molecular weight excluding hydrogens is 368 g/mol. The molecule has 0 radical (unpaired) electrons. The van der Waals surface area contributed by atoms with E-state index in [1.807, 2.05) is 36.4 Å². The summed E-state index contributed by atoms with van der Waals surface area (Å²) in [6, 6.07) is 14.5. The van der Waals surface area contributed by atoms with Gasteiger partial charge in [-0.05, 0) is 30.3 Å². The van der Waals surface area contributed by atoms with E-state index in [9.17, 15) is 9.59 Å². The molecule has 1 aliphatic rings. The van der Waals surface area contributed by atoms with Crippen molar-refractivity contribution >= 4 is 46.4 Å². The van der Waals surface area contributed by atoms with Gasteiger partial charge in [-0.3, -0.25) is 19.2 Å². The third-order valence-corrected chi connectivity index (χ3v) is 4.58. The number of amides is 1. The van der Waals surface area contributed by atoms with Gasteiger partial charge < -0.3 is 10.0 Å². The number of aromatic nitrogens is 2. The van der Waals surface area contributed by atoms with E-state index in [2.05, 4.69) is 5.10 Å². The molecule has 1 amide bonds. The number of anilines is 4. The molecule has 2 aromatic carbocycles. The van der Waals surface area contributed by atoms with E-state index in [1.54, 1.807) is 29.0 Å². The van der Waals surface area contributed by atoms with Crippen LogP contribution in [0.1, 0.15) is 10.4 Å². The Morgan fingerprint density at radius 1 is 1.15 bits per heavy atom. The van der Waals surface area contributed by atoms with Crippen molar-refractivity contribution in [3.63, 3.8) is 0 Å². The van der Waals surface area contributed by atoms with Gasteiger partial charge in [0.2, 0.25) is 0 Å². The summed E-state index contributed by atoms with van der Waals surface area (Å²) in [7, 11) is 1.78. The van der Waals surface area contributed by atoms with E-state index in [1.165, 1.54) is 10.9 Å². The Bertz CT molecular complexity index is 1050. The number of hydrogen-bond acceptors (Lipinski definition) is 4. The average Bonchev–Trinajstić information content (AvgIpc) is 3.02. The van der Waals surface area contributed by atoms with Crippen LogP contribution in [0.3, 0.4) is 0 Å². The molecule has 0 bridgehead atoms. The molecule has 0 spiro atoms. The van der Waals surface area contributed by atoms with E-state index in [0.29, 0.717) is 27.8 Å². The van der Waals surface area contributed by atoms with E-state index in [0.717, 1.165) is 5.69 Å². The van der Waals surface area contributed by atoms with Crippen LogP contribution in [-0.4, -0.2) is 33.8 Å². The largest absolute Gasteiger partial charge is 0.480 e. The number of fused-ring (bicyclic) bond motifs is 2. The molecule has 8 heteroatoms. The van der Waals surface area contributed by atoms with Crippen molar-refractivity contribution in [3.8, 4) is 0 Å². The van der Waals surface area contributed by atoms with Crippen LogP contribution in [0, 0.1) is 0 Å². The molecule has 0 fully saturated rings. The number of benzene rings is 2. The first-order valence-corrected chi connectivity index (χ1v) is 8.55. The molecular formula is C19H15ClN4O3. The zero-order valence-electron chi connectivity index (χ0n) is 14.3. The lowest BCUT2D eigenvalue weighted by Gasteiger charge is -2.25. The van der Waals surface area contributed by atoms with E-state index >= 15 is 0 Å². The summed E-state index contributed by atoms with van der Waals surface area (Å²) in [5.41, 5.74) is 2.35. The van der Waals surface area contributed by atoms with Crippen LogP contribution in [0.4, 0.5) is 22.9 Å². The number of nitrogens with zero attached hydrogens (tertiary/aromatic N) is 4. The Kier molecular flexibility index (Phi) is 4.08. The second kappa shape index (κ2) is 6.44. The minimum absolute atomic E-state index is 0.305. The highest BCUT2D eigenvalue weighted by atomic mass is 35.5. The molecule has 0 atom stereocenters. The van der Waals surface area contributed by atoms with E-state index in [4.69, 9.17) is 16.7 Å². The Balaban J connectivity index is 1.96. The number of hydrogen-bond donors (Lipinski definition) is 1. The highest BCUT2D eigenvalue weighted by Gasteiger charge is 2.33. The molecule has 1 aliphatic heterocycles. The minimum Gasteiger partial charge on any atom is -0.480 e. The van der Waals surface area contributed by atoms with Gasteiger partial charge in [0.05, 0.1) is 11.4 Å². The normalized spacial score (nSPS) is 13.2. The minimum atomic E-state index is -1.03. The van der Waals surface area contributed by atoms with Crippen LogP contribution in [0.5, 0.6) is 0 Å². The fourth-order valence-electron chi connectivity index (χ4n) is 3.17. The molecule has 3 aromatic rings. The van der Waals surface area contributed by atoms with Crippen LogP contribution in [0.15, 0.2) is 54.7 Å². The first kappa shape index (κ1) is 17.1. The Morgan fingerprint density at radius 2 is 1.89 bits per heavy atom. The smallest absolute Gasteiger partial charge is 0.325 e. The Hall–Kier alpha value is -3.32. The van der Waals surface area contributed by atoms with Crippen molar-refractivity contribution in [2.24, 2.45) is 0 Å². The molecule has 0 saturated carbocycles. The number of aliphatic carboxylic acids is 1. The average molecular weight is 383 g/mol. The van der Waals surface area contributed by atoms with Crippen molar-refractivity contribution in [3.05, 3.63) is 65.3 Å². The molecule has 1 aromatic heterocycles. The van der Waals surface area contributed by atoms with Gasteiger partial charge in [0, 0.05) is 24.0 Å². The SMILES string of the molecule is CN1c2ccc(Cl)cc2N(c2ccccc2)C(=O)c2cn(CC(=O)O)nc21. The number of carbonyl (C=O) groups is 2. The second-order valence-electron chi connectivity index (χ2n) is 6.13. The predicted molar refractivity (Wildman–Crippen MR) is 102 cm³/mol. The summed E-state index contributed by atoms with van der Waals surface area (Å²) in [4.78, 5) is 27.8. The molecule has 0 aliphatic carbocycles. The summed E-state index contributed by atoms with van der Waals surface area (Å²) in [5, 5.41) is 13.9. The zero-order chi connectivity index (χ0) is 19.1. The second-order valence-corrected chi connectivity index (χ2v) is 6.56. The maximum Gasteiger partial charge on any atom is 0.325 e. The van der Waals surface area contributed by atoms with Gasteiger partial charge in [0.25, 0.3) is 5.91 Å². The van der Waals surface area contributed by atoms with Gasteiger partial charge in [-0.2, -0.15) is 5.10 Å². The number of halogens is 1. The third kappa shape index (κ3) is 2.92. The van der Waals surface area contributed by atoms with Crippen LogP contribution in [0.2, 0.25) is 5.02 Å². The number of rotatable bonds is 3. The van der Waals surface area contributed by atoms with Crippen LogP contribution < -0.4 is 9.80 Å². The lowest BCUT2D eigenvalue weighted by molar-refractivity contribution is -0.137. The predicted octanol–water partition coefficient (Wildman–Crippen LogP) is 3.68. The van der Waals surface area contributed by atoms with Gasteiger partial charge in [-0.1, -0.05) is 29.8 Å². The first-order chi connectivity index (χ1) is 13.0. The molecule has 0 unspecified atom stereocenters. The summed E-state index contributed by atoms with van der Waals surface area (Å²) >= 11 is 6.20. The molecule has 0 saturated heterocycles. The summed E-state index contributed by atoms with van der Waals surface area (Å²) in [6.45, 7) is -0.326. The van der Waals surface area contributed by atoms with Crippen molar-refractivity contribution in [2.45, 2.75) is 6.54 Å². The van der Waals surface area contributed by atoms with Crippen LogP contribution >= 0.6 is 11.6 Å². The Morgan fingerprint density at radius 3 is 2.59 bits per heavy atom.